The first-order valence-corrected chi connectivity index (χ1v) is 7.88. The molecule has 2 rings (SSSR count). The number of hydrogen-bond donors (Lipinski definition) is 4. The lowest BCUT2D eigenvalue weighted by Crippen LogP contribution is -2.53. The van der Waals surface area contributed by atoms with Crippen LogP contribution in [0.2, 0.25) is 6.32 Å². The Bertz CT molecular complexity index is 393. The van der Waals surface area contributed by atoms with Crippen LogP contribution in [0.4, 0.5) is 0 Å². The van der Waals surface area contributed by atoms with Gasteiger partial charge in [-0.05, 0) is 50.8 Å². The number of nitrogens with zero attached hydrogens (tertiary/aromatic N) is 1. The maximum atomic E-state index is 11.6. The van der Waals surface area contributed by atoms with Gasteiger partial charge in [-0.1, -0.05) is 6.42 Å². The second kappa shape index (κ2) is 6.24. The maximum Gasteiger partial charge on any atom is 0.451 e. The lowest BCUT2D eigenvalue weighted by molar-refractivity contribution is -0.145. The van der Waals surface area contributed by atoms with Crippen molar-refractivity contribution < 1.29 is 19.9 Å². The third-order valence-corrected chi connectivity index (χ3v) is 5.40. The molecule has 2 aliphatic rings. The molecule has 1 aliphatic heterocycles. The zero-order valence-corrected chi connectivity index (χ0v) is 12.9. The number of aliphatic carboxylic acids is 1. The molecule has 0 spiro atoms. The predicted octanol–water partition coefficient (Wildman–Crippen LogP) is -0.00220. The van der Waals surface area contributed by atoms with E-state index in [0.717, 1.165) is 13.1 Å². The topological polar surface area (TPSA) is 107 Å². The van der Waals surface area contributed by atoms with Crippen LogP contribution in [-0.4, -0.2) is 57.8 Å². The summed E-state index contributed by atoms with van der Waals surface area (Å²) >= 11 is 0. The third kappa shape index (κ3) is 3.26. The van der Waals surface area contributed by atoms with E-state index >= 15 is 0 Å². The predicted molar refractivity (Wildman–Crippen MR) is 80.6 cm³/mol. The molecule has 0 aromatic rings. The molecule has 4 atom stereocenters. The minimum atomic E-state index is -1.32. The minimum absolute atomic E-state index is 0.0810. The Hall–Kier alpha value is -0.625. The Morgan fingerprint density at radius 1 is 1.43 bits per heavy atom. The molecule has 6 nitrogen and oxygen atoms in total. The molecule has 0 bridgehead atoms. The van der Waals surface area contributed by atoms with Crippen LogP contribution in [0, 0.1) is 17.8 Å². The molecule has 0 aromatic heterocycles. The van der Waals surface area contributed by atoms with E-state index in [9.17, 15) is 9.90 Å². The zero-order valence-electron chi connectivity index (χ0n) is 12.9. The fraction of sp³-hybridized carbons (Fsp3) is 0.929. The Morgan fingerprint density at radius 2 is 2.10 bits per heavy atom. The summed E-state index contributed by atoms with van der Waals surface area (Å²) in [6.45, 7) is 6.14. The molecule has 0 radical (unpaired) electrons. The summed E-state index contributed by atoms with van der Waals surface area (Å²) in [5.74, 6) is -0.341. The van der Waals surface area contributed by atoms with Gasteiger partial charge >= 0.3 is 13.1 Å². The quantitative estimate of drug-likeness (QED) is 0.514. The fourth-order valence-electron chi connectivity index (χ4n) is 4.23. The first kappa shape index (κ1) is 16.7. The van der Waals surface area contributed by atoms with Gasteiger partial charge in [0.25, 0.3) is 0 Å². The van der Waals surface area contributed by atoms with Crippen LogP contribution in [0.5, 0.6) is 0 Å². The summed E-state index contributed by atoms with van der Waals surface area (Å²) in [5, 5.41) is 27.5. The number of hydrogen-bond acceptors (Lipinski definition) is 5. The van der Waals surface area contributed by atoms with Gasteiger partial charge in [-0.2, -0.15) is 0 Å². The highest BCUT2D eigenvalue weighted by Gasteiger charge is 2.57. The van der Waals surface area contributed by atoms with Gasteiger partial charge in [-0.15, -0.1) is 0 Å². The third-order valence-electron chi connectivity index (χ3n) is 5.40. The van der Waals surface area contributed by atoms with Crippen molar-refractivity contribution in [1.82, 2.24) is 4.90 Å². The van der Waals surface area contributed by atoms with Gasteiger partial charge in [0, 0.05) is 19.1 Å². The van der Waals surface area contributed by atoms with Crippen molar-refractivity contribution in [2.24, 2.45) is 23.5 Å². The summed E-state index contributed by atoms with van der Waals surface area (Å²) in [7, 11) is -1.32. The monoisotopic (exact) mass is 298 g/mol. The van der Waals surface area contributed by atoms with Crippen LogP contribution < -0.4 is 5.73 Å². The van der Waals surface area contributed by atoms with Crippen molar-refractivity contribution in [3.05, 3.63) is 0 Å². The van der Waals surface area contributed by atoms with Crippen LogP contribution in [0.15, 0.2) is 0 Å². The van der Waals surface area contributed by atoms with Gasteiger partial charge in [0.05, 0.1) is 0 Å². The Kier molecular flexibility index (Phi) is 4.98. The molecule has 7 heteroatoms. The van der Waals surface area contributed by atoms with E-state index in [1.807, 2.05) is 0 Å². The second-order valence-electron chi connectivity index (χ2n) is 7.04. The summed E-state index contributed by atoms with van der Waals surface area (Å²) < 4.78 is 0. The molecule has 5 N–H and O–H groups in total. The van der Waals surface area contributed by atoms with Gasteiger partial charge < -0.3 is 25.8 Å². The molecule has 1 aliphatic carbocycles. The number of carboxylic acid groups (broad SMARTS) is 1. The standard InChI is InChI=1S/C14H27BN2O4/c1-9(2)17-7-10-6-14(16,13(18)19)12(11(10)8-17)4-3-5-15(20)21/h9-12,20-21H,3-8,16H2,1-2H3,(H,18,19)/t10-,11+,12-,14-/m0/s1. The molecule has 2 fully saturated rings. The van der Waals surface area contributed by atoms with E-state index < -0.39 is 18.6 Å². The summed E-state index contributed by atoms with van der Waals surface area (Å²) in [6.07, 6.45) is 2.05. The molecule has 0 amide bonds. The van der Waals surface area contributed by atoms with Crippen molar-refractivity contribution in [3.8, 4) is 0 Å². The highest BCUT2D eigenvalue weighted by molar-refractivity contribution is 6.40. The maximum absolute atomic E-state index is 11.6. The average Bonchev–Trinajstić information content (AvgIpc) is 2.87. The molecular formula is C14H27BN2O4. The summed E-state index contributed by atoms with van der Waals surface area (Å²) in [4.78, 5) is 14.0. The van der Waals surface area contributed by atoms with Crippen molar-refractivity contribution in [1.29, 1.82) is 0 Å². The van der Waals surface area contributed by atoms with E-state index in [2.05, 4.69) is 18.7 Å². The van der Waals surface area contributed by atoms with Crippen molar-refractivity contribution in [2.75, 3.05) is 13.1 Å². The Labute approximate surface area is 126 Å². The van der Waals surface area contributed by atoms with Crippen LogP contribution in [0.3, 0.4) is 0 Å². The van der Waals surface area contributed by atoms with Crippen molar-refractivity contribution in [3.63, 3.8) is 0 Å². The van der Waals surface area contributed by atoms with Crippen LogP contribution in [0.1, 0.15) is 33.1 Å². The van der Waals surface area contributed by atoms with E-state index in [0.29, 0.717) is 37.1 Å². The number of rotatable bonds is 6. The Morgan fingerprint density at radius 3 is 2.62 bits per heavy atom. The number of fused-ring (bicyclic) bond motifs is 1. The van der Waals surface area contributed by atoms with Crippen molar-refractivity contribution in [2.45, 2.75) is 51.0 Å². The van der Waals surface area contributed by atoms with Crippen molar-refractivity contribution >= 4 is 13.1 Å². The van der Waals surface area contributed by atoms with Gasteiger partial charge in [0.15, 0.2) is 0 Å². The highest BCUT2D eigenvalue weighted by Crippen LogP contribution is 2.49. The lowest BCUT2D eigenvalue weighted by atomic mass is 9.76. The molecule has 1 saturated carbocycles. The first-order chi connectivity index (χ1) is 9.75. The van der Waals surface area contributed by atoms with Gasteiger partial charge in [-0.3, -0.25) is 4.79 Å². The number of carboxylic acids is 1. The minimum Gasteiger partial charge on any atom is -0.480 e. The smallest absolute Gasteiger partial charge is 0.451 e. The van der Waals surface area contributed by atoms with Gasteiger partial charge in [0.2, 0.25) is 0 Å². The van der Waals surface area contributed by atoms with E-state index in [-0.39, 0.29) is 12.2 Å². The van der Waals surface area contributed by atoms with Gasteiger partial charge in [-0.25, -0.2) is 0 Å². The van der Waals surface area contributed by atoms with Gasteiger partial charge in [0.1, 0.15) is 5.54 Å². The molecule has 0 unspecified atom stereocenters. The number of carbonyl (C=O) groups is 1. The molecule has 21 heavy (non-hydrogen) atoms. The molecule has 1 heterocycles. The van der Waals surface area contributed by atoms with Crippen LogP contribution in [-0.2, 0) is 4.79 Å². The van der Waals surface area contributed by atoms with Crippen LogP contribution >= 0.6 is 0 Å². The number of nitrogens with two attached hydrogens (primary N) is 1. The zero-order chi connectivity index (χ0) is 15.8. The second-order valence-corrected chi connectivity index (χ2v) is 7.04. The molecular weight excluding hydrogens is 271 g/mol. The average molecular weight is 298 g/mol. The summed E-state index contributed by atoms with van der Waals surface area (Å²) in [6, 6.07) is 0.465. The molecule has 0 aromatic carbocycles. The largest absolute Gasteiger partial charge is 0.480 e. The fourth-order valence-corrected chi connectivity index (χ4v) is 4.23. The number of likely N-dealkylation sites (tertiary alicyclic amines) is 1. The van der Waals surface area contributed by atoms with Crippen LogP contribution in [0.25, 0.3) is 0 Å². The first-order valence-electron chi connectivity index (χ1n) is 7.88. The highest BCUT2D eigenvalue weighted by atomic mass is 16.4. The van der Waals surface area contributed by atoms with E-state index in [1.165, 1.54) is 0 Å². The summed E-state index contributed by atoms with van der Waals surface area (Å²) in [5.41, 5.74) is 5.08. The molecule has 120 valence electrons. The lowest BCUT2D eigenvalue weighted by Gasteiger charge is -2.32. The van der Waals surface area contributed by atoms with E-state index in [1.54, 1.807) is 0 Å². The Balaban J connectivity index is 2.08. The normalized spacial score (nSPS) is 36.2. The van der Waals surface area contributed by atoms with E-state index in [4.69, 9.17) is 15.8 Å². The SMILES string of the molecule is CC(C)N1C[C@@H]2C[C@@](N)(C(=O)O)[C@@H](CCCB(O)O)[C@@H]2C1. The molecule has 1 saturated heterocycles.